The molecule has 0 amide bonds. The number of allylic oxidation sites excluding steroid dienone is 1. The van der Waals surface area contributed by atoms with Gasteiger partial charge >= 0.3 is 0 Å². The van der Waals surface area contributed by atoms with Gasteiger partial charge in [-0.25, -0.2) is 4.99 Å². The molecule has 2 heterocycles. The van der Waals surface area contributed by atoms with Crippen molar-refractivity contribution in [2.75, 3.05) is 7.11 Å². The summed E-state index contributed by atoms with van der Waals surface area (Å²) < 4.78 is 5.24. The summed E-state index contributed by atoms with van der Waals surface area (Å²) >= 11 is 0. The summed E-state index contributed by atoms with van der Waals surface area (Å²) in [5.41, 5.74) is 3.07. The number of rotatable bonds is 5. The van der Waals surface area contributed by atoms with Crippen LogP contribution in [0.2, 0.25) is 0 Å². The summed E-state index contributed by atoms with van der Waals surface area (Å²) in [5.74, 6) is 1.02. The number of aromatic hydroxyl groups is 1. The second kappa shape index (κ2) is 6.99. The Labute approximate surface area is 155 Å². The fourth-order valence-electron chi connectivity index (χ4n) is 3.12. The van der Waals surface area contributed by atoms with E-state index < -0.39 is 0 Å². The van der Waals surface area contributed by atoms with Crippen molar-refractivity contribution < 1.29 is 9.84 Å². The van der Waals surface area contributed by atoms with Crippen LogP contribution in [0.1, 0.15) is 16.8 Å². The summed E-state index contributed by atoms with van der Waals surface area (Å²) in [5, 5.41) is 16.8. The van der Waals surface area contributed by atoms with Gasteiger partial charge in [0.05, 0.1) is 23.7 Å². The van der Waals surface area contributed by atoms with Crippen LogP contribution in [0.15, 0.2) is 57.9 Å². The van der Waals surface area contributed by atoms with Crippen LogP contribution in [0.25, 0.3) is 12.2 Å². The lowest BCUT2D eigenvalue weighted by Gasteiger charge is -2.02. The molecule has 0 aliphatic carbocycles. The zero-order valence-electron chi connectivity index (χ0n) is 14.8. The SMILES string of the molecule is COc1ccc2c(c1)=C/C(=C\c1c(CCc3ccc(O)cc3)[nH][nH]c1=O)N=2. The van der Waals surface area contributed by atoms with E-state index in [9.17, 15) is 9.90 Å². The van der Waals surface area contributed by atoms with E-state index in [-0.39, 0.29) is 11.3 Å². The largest absolute Gasteiger partial charge is 0.508 e. The van der Waals surface area contributed by atoms with Crippen LogP contribution >= 0.6 is 0 Å². The minimum Gasteiger partial charge on any atom is -0.508 e. The van der Waals surface area contributed by atoms with E-state index in [1.54, 1.807) is 25.3 Å². The molecule has 1 aliphatic heterocycles. The molecule has 1 aromatic heterocycles. The van der Waals surface area contributed by atoms with Crippen LogP contribution in [-0.4, -0.2) is 22.4 Å². The van der Waals surface area contributed by atoms with Crippen LogP contribution in [0, 0.1) is 0 Å². The Hall–Kier alpha value is -3.54. The van der Waals surface area contributed by atoms with Gasteiger partial charge < -0.3 is 14.9 Å². The lowest BCUT2D eigenvalue weighted by atomic mass is 10.1. The first-order chi connectivity index (χ1) is 13.1. The third-order valence-corrected chi connectivity index (χ3v) is 4.58. The third-order valence-electron chi connectivity index (χ3n) is 4.58. The summed E-state index contributed by atoms with van der Waals surface area (Å²) in [6, 6.07) is 12.8. The highest BCUT2D eigenvalue weighted by atomic mass is 16.5. The summed E-state index contributed by atoms with van der Waals surface area (Å²) in [4.78, 5) is 16.8. The predicted octanol–water partition coefficient (Wildman–Crippen LogP) is 1.66. The van der Waals surface area contributed by atoms with Gasteiger partial charge in [-0.1, -0.05) is 12.1 Å². The minimum atomic E-state index is -0.166. The quantitative estimate of drug-likeness (QED) is 0.645. The number of H-pyrrole nitrogens is 2. The number of phenolic OH excluding ortho intramolecular Hbond substituents is 1. The van der Waals surface area contributed by atoms with Crippen LogP contribution in [0.5, 0.6) is 11.5 Å². The number of phenols is 1. The number of fused-ring (bicyclic) bond motifs is 1. The Morgan fingerprint density at radius 1 is 1.11 bits per heavy atom. The maximum atomic E-state index is 12.2. The number of aryl methyl sites for hydroxylation is 2. The number of hydrogen-bond donors (Lipinski definition) is 3. The Balaban J connectivity index is 1.60. The van der Waals surface area contributed by atoms with Crippen LogP contribution in [-0.2, 0) is 12.8 Å². The normalized spacial score (nSPS) is 13.9. The van der Waals surface area contributed by atoms with E-state index in [0.29, 0.717) is 12.0 Å². The zero-order chi connectivity index (χ0) is 18.8. The molecule has 0 fully saturated rings. The van der Waals surface area contributed by atoms with E-state index in [1.165, 1.54) is 0 Å². The molecule has 3 aromatic rings. The molecule has 4 rings (SSSR count). The Morgan fingerprint density at radius 2 is 1.93 bits per heavy atom. The molecule has 27 heavy (non-hydrogen) atoms. The lowest BCUT2D eigenvalue weighted by molar-refractivity contribution is 0.414. The molecule has 0 saturated heterocycles. The van der Waals surface area contributed by atoms with Gasteiger partial charge in [0, 0.05) is 10.9 Å². The molecule has 2 aromatic carbocycles. The molecule has 0 unspecified atom stereocenters. The van der Waals surface area contributed by atoms with E-state index in [0.717, 1.165) is 39.7 Å². The number of nitrogens with one attached hydrogen (secondary N) is 2. The Bertz CT molecular complexity index is 1180. The third kappa shape index (κ3) is 3.55. The number of aromatic nitrogens is 2. The fraction of sp³-hybridized carbons (Fsp3) is 0.143. The van der Waals surface area contributed by atoms with E-state index in [1.807, 2.05) is 36.4 Å². The van der Waals surface area contributed by atoms with Crippen molar-refractivity contribution in [2.45, 2.75) is 12.8 Å². The van der Waals surface area contributed by atoms with Gasteiger partial charge in [-0.2, -0.15) is 0 Å². The number of benzene rings is 2. The van der Waals surface area contributed by atoms with Gasteiger partial charge in [-0.05, 0) is 60.9 Å². The first-order valence-corrected chi connectivity index (χ1v) is 8.66. The number of aromatic amines is 2. The molecule has 6 nitrogen and oxygen atoms in total. The number of methoxy groups -OCH3 is 1. The highest BCUT2D eigenvalue weighted by molar-refractivity contribution is 5.66. The molecule has 3 N–H and O–H groups in total. The molecule has 1 aliphatic rings. The molecular formula is C21H19N3O3. The van der Waals surface area contributed by atoms with Gasteiger partial charge in [0.1, 0.15) is 11.5 Å². The average molecular weight is 361 g/mol. The summed E-state index contributed by atoms with van der Waals surface area (Å²) in [6.07, 6.45) is 5.16. The fourth-order valence-corrected chi connectivity index (χ4v) is 3.12. The van der Waals surface area contributed by atoms with Crippen molar-refractivity contribution in [1.82, 2.24) is 10.2 Å². The highest BCUT2D eigenvalue weighted by Crippen LogP contribution is 2.15. The van der Waals surface area contributed by atoms with Gasteiger partial charge in [-0.15, -0.1) is 0 Å². The van der Waals surface area contributed by atoms with E-state index in [4.69, 9.17) is 4.74 Å². The molecular weight excluding hydrogens is 342 g/mol. The maximum absolute atomic E-state index is 12.2. The van der Waals surface area contributed by atoms with Gasteiger partial charge in [0.2, 0.25) is 0 Å². The van der Waals surface area contributed by atoms with Gasteiger partial charge in [0.25, 0.3) is 5.56 Å². The number of nitrogens with zero attached hydrogens (tertiary/aromatic N) is 1. The van der Waals surface area contributed by atoms with Crippen molar-refractivity contribution in [2.24, 2.45) is 4.99 Å². The average Bonchev–Trinajstić information content (AvgIpc) is 3.24. The van der Waals surface area contributed by atoms with E-state index in [2.05, 4.69) is 15.2 Å². The zero-order valence-corrected chi connectivity index (χ0v) is 14.8. The maximum Gasteiger partial charge on any atom is 0.271 e. The molecule has 0 bridgehead atoms. The monoisotopic (exact) mass is 361 g/mol. The predicted molar refractivity (Wildman–Crippen MR) is 103 cm³/mol. The minimum absolute atomic E-state index is 0.166. The Morgan fingerprint density at radius 3 is 2.70 bits per heavy atom. The van der Waals surface area contributed by atoms with Crippen molar-refractivity contribution in [3.8, 4) is 11.5 Å². The molecule has 6 heteroatoms. The number of ether oxygens (including phenoxy) is 1. The molecule has 0 spiro atoms. The van der Waals surface area contributed by atoms with Gasteiger partial charge in [0.15, 0.2) is 0 Å². The van der Waals surface area contributed by atoms with Crippen molar-refractivity contribution in [1.29, 1.82) is 0 Å². The van der Waals surface area contributed by atoms with Crippen molar-refractivity contribution in [3.63, 3.8) is 0 Å². The highest BCUT2D eigenvalue weighted by Gasteiger charge is 2.10. The lowest BCUT2D eigenvalue weighted by Crippen LogP contribution is -2.20. The molecule has 136 valence electrons. The van der Waals surface area contributed by atoms with Crippen molar-refractivity contribution >= 4 is 12.2 Å². The van der Waals surface area contributed by atoms with Crippen molar-refractivity contribution in [3.05, 3.63) is 85.9 Å². The van der Waals surface area contributed by atoms with Crippen LogP contribution in [0.3, 0.4) is 0 Å². The molecule has 0 saturated carbocycles. The van der Waals surface area contributed by atoms with Crippen LogP contribution < -0.4 is 20.9 Å². The molecule has 0 atom stereocenters. The smallest absolute Gasteiger partial charge is 0.271 e. The second-order valence-corrected chi connectivity index (χ2v) is 6.39. The summed E-state index contributed by atoms with van der Waals surface area (Å²) in [7, 11) is 1.63. The Kier molecular flexibility index (Phi) is 4.38. The van der Waals surface area contributed by atoms with Gasteiger partial charge in [-0.3, -0.25) is 9.89 Å². The number of hydrogen-bond acceptors (Lipinski definition) is 4. The molecule has 0 radical (unpaired) electrons. The summed E-state index contributed by atoms with van der Waals surface area (Å²) in [6.45, 7) is 0. The topological polar surface area (TPSA) is 90.5 Å². The van der Waals surface area contributed by atoms with Crippen LogP contribution in [0.4, 0.5) is 0 Å². The first-order valence-electron chi connectivity index (χ1n) is 8.66. The second-order valence-electron chi connectivity index (χ2n) is 6.39. The standard InChI is InChI=1S/C21H19N3O3/c1-27-17-7-9-19-14(11-17)10-15(22-19)12-18-20(23-24-21(18)26)8-4-13-2-5-16(25)6-3-13/h2-3,5-7,9-12,25H,4,8H2,1H3,(H2,23,24,26)/b15-12+. The first kappa shape index (κ1) is 16.9. The van der Waals surface area contributed by atoms with E-state index >= 15 is 0 Å².